The van der Waals surface area contributed by atoms with Crippen molar-refractivity contribution in [1.82, 2.24) is 10.1 Å². The molecule has 0 aliphatic rings. The summed E-state index contributed by atoms with van der Waals surface area (Å²) in [5.74, 6) is -1.77. The third-order valence-corrected chi connectivity index (χ3v) is 2.43. The minimum absolute atomic E-state index is 0.157. The average molecular weight is 266 g/mol. The molecule has 0 bridgehead atoms. The highest BCUT2D eigenvalue weighted by molar-refractivity contribution is 5.90. The number of carbonyl (C=O) groups is 1. The van der Waals surface area contributed by atoms with Crippen molar-refractivity contribution in [3.05, 3.63) is 35.7 Å². The van der Waals surface area contributed by atoms with E-state index in [2.05, 4.69) is 15.5 Å². The number of nitrogen functional groups attached to an aromatic ring is 1. The lowest BCUT2D eigenvalue weighted by molar-refractivity contribution is 0.0692. The van der Waals surface area contributed by atoms with Crippen LogP contribution in [-0.4, -0.2) is 27.8 Å². The summed E-state index contributed by atoms with van der Waals surface area (Å²) >= 11 is 0. The lowest BCUT2D eigenvalue weighted by Gasteiger charge is -2.09. The lowest BCUT2D eigenvalue weighted by Crippen LogP contribution is -2.09. The Morgan fingerprint density at radius 3 is 2.95 bits per heavy atom. The van der Waals surface area contributed by atoms with E-state index in [-0.39, 0.29) is 5.69 Å². The van der Waals surface area contributed by atoms with Gasteiger partial charge in [-0.3, -0.25) is 0 Å². The molecule has 1 aromatic carbocycles. The zero-order chi connectivity index (χ0) is 13.8. The molecule has 2 aromatic rings. The van der Waals surface area contributed by atoms with E-state index in [0.29, 0.717) is 24.5 Å². The molecule has 8 heteroatoms. The van der Waals surface area contributed by atoms with Crippen molar-refractivity contribution >= 4 is 17.3 Å². The van der Waals surface area contributed by atoms with Gasteiger partial charge >= 0.3 is 5.97 Å². The number of rotatable bonds is 5. The van der Waals surface area contributed by atoms with Crippen LogP contribution in [-0.2, 0) is 6.42 Å². The Hall–Kier alpha value is -2.64. The monoisotopic (exact) mass is 266 g/mol. The van der Waals surface area contributed by atoms with Gasteiger partial charge in [0, 0.05) is 13.0 Å². The summed E-state index contributed by atoms with van der Waals surface area (Å²) in [4.78, 5) is 14.5. The van der Waals surface area contributed by atoms with Crippen LogP contribution in [0.15, 0.2) is 23.0 Å². The van der Waals surface area contributed by atoms with Crippen molar-refractivity contribution < 1.29 is 18.8 Å². The Morgan fingerprint density at radius 2 is 2.32 bits per heavy atom. The first-order valence-electron chi connectivity index (χ1n) is 5.39. The van der Waals surface area contributed by atoms with Crippen LogP contribution in [0.4, 0.5) is 15.8 Å². The first-order chi connectivity index (χ1) is 9.08. The van der Waals surface area contributed by atoms with Gasteiger partial charge in [-0.15, -0.1) is 0 Å². The number of carboxylic acid groups (broad SMARTS) is 1. The van der Waals surface area contributed by atoms with Crippen molar-refractivity contribution in [2.24, 2.45) is 0 Å². The molecular weight excluding hydrogens is 255 g/mol. The smallest absolute Gasteiger partial charge is 0.338 e. The van der Waals surface area contributed by atoms with Crippen molar-refractivity contribution in [3.8, 4) is 0 Å². The first kappa shape index (κ1) is 12.8. The number of aromatic nitrogens is 2. The number of hydrogen-bond donors (Lipinski definition) is 3. The Kier molecular flexibility index (Phi) is 3.60. The standard InChI is InChI=1S/C11H11FN4O3/c12-7-4-9(8(13)3-6(7)11(17)18)14-2-1-10-15-5-16-19-10/h3-5,14H,1-2,13H2,(H,17,18). The predicted molar refractivity (Wildman–Crippen MR) is 64.3 cm³/mol. The fourth-order valence-corrected chi connectivity index (χ4v) is 1.52. The summed E-state index contributed by atoms with van der Waals surface area (Å²) in [6.07, 6.45) is 1.73. The molecule has 0 aliphatic carbocycles. The van der Waals surface area contributed by atoms with Gasteiger partial charge in [0.05, 0.1) is 16.9 Å². The molecule has 0 aliphatic heterocycles. The number of nitrogens with one attached hydrogen (secondary N) is 1. The van der Waals surface area contributed by atoms with E-state index in [9.17, 15) is 9.18 Å². The van der Waals surface area contributed by atoms with Crippen molar-refractivity contribution in [2.75, 3.05) is 17.6 Å². The van der Waals surface area contributed by atoms with Crippen molar-refractivity contribution in [3.63, 3.8) is 0 Å². The normalized spacial score (nSPS) is 10.4. The minimum Gasteiger partial charge on any atom is -0.478 e. The molecule has 0 spiro atoms. The molecule has 7 nitrogen and oxygen atoms in total. The van der Waals surface area contributed by atoms with E-state index in [4.69, 9.17) is 15.4 Å². The second-order valence-corrected chi connectivity index (χ2v) is 3.74. The Balaban J connectivity index is 2.04. The molecule has 19 heavy (non-hydrogen) atoms. The van der Waals surface area contributed by atoms with Gasteiger partial charge in [0.15, 0.2) is 6.33 Å². The summed E-state index contributed by atoms with van der Waals surface area (Å²) in [5, 5.41) is 15.1. The van der Waals surface area contributed by atoms with E-state index in [0.717, 1.165) is 12.1 Å². The van der Waals surface area contributed by atoms with Gasteiger partial charge < -0.3 is 20.7 Å². The van der Waals surface area contributed by atoms with Gasteiger partial charge in [-0.05, 0) is 12.1 Å². The molecule has 100 valence electrons. The fourth-order valence-electron chi connectivity index (χ4n) is 1.52. The van der Waals surface area contributed by atoms with Crippen LogP contribution in [0.3, 0.4) is 0 Å². The third-order valence-electron chi connectivity index (χ3n) is 2.43. The lowest BCUT2D eigenvalue weighted by atomic mass is 10.1. The van der Waals surface area contributed by atoms with Crippen LogP contribution < -0.4 is 11.1 Å². The predicted octanol–water partition coefficient (Wildman–Crippen LogP) is 1.14. The maximum Gasteiger partial charge on any atom is 0.338 e. The van der Waals surface area contributed by atoms with E-state index in [1.54, 1.807) is 0 Å². The highest BCUT2D eigenvalue weighted by Gasteiger charge is 2.13. The zero-order valence-electron chi connectivity index (χ0n) is 9.76. The van der Waals surface area contributed by atoms with E-state index in [1.165, 1.54) is 6.33 Å². The number of halogens is 1. The maximum atomic E-state index is 13.5. The van der Waals surface area contributed by atoms with Crippen molar-refractivity contribution in [1.29, 1.82) is 0 Å². The Bertz CT molecular complexity index is 586. The number of carboxylic acids is 1. The molecule has 1 aromatic heterocycles. The highest BCUT2D eigenvalue weighted by atomic mass is 19.1. The second-order valence-electron chi connectivity index (χ2n) is 3.74. The van der Waals surface area contributed by atoms with Crippen LogP contribution >= 0.6 is 0 Å². The summed E-state index contributed by atoms with van der Waals surface area (Å²) in [7, 11) is 0. The summed E-state index contributed by atoms with van der Waals surface area (Å²) in [6.45, 7) is 0.401. The molecule has 2 rings (SSSR count). The molecule has 0 saturated carbocycles. The first-order valence-corrected chi connectivity index (χ1v) is 5.39. The Morgan fingerprint density at radius 1 is 1.53 bits per heavy atom. The largest absolute Gasteiger partial charge is 0.478 e. The van der Waals surface area contributed by atoms with Gasteiger partial charge in [0.1, 0.15) is 5.82 Å². The molecule has 1 heterocycles. The molecular formula is C11H11FN4O3. The quantitative estimate of drug-likeness (QED) is 0.695. The summed E-state index contributed by atoms with van der Waals surface area (Å²) < 4.78 is 18.3. The molecule has 4 N–H and O–H groups in total. The van der Waals surface area contributed by atoms with Gasteiger partial charge in [0.2, 0.25) is 5.89 Å². The molecule has 0 amide bonds. The van der Waals surface area contributed by atoms with Gasteiger partial charge in [0.25, 0.3) is 0 Å². The van der Waals surface area contributed by atoms with Crippen LogP contribution in [0.2, 0.25) is 0 Å². The molecule has 0 saturated heterocycles. The number of nitrogens with zero attached hydrogens (tertiary/aromatic N) is 2. The number of hydrogen-bond acceptors (Lipinski definition) is 6. The fraction of sp³-hybridized carbons (Fsp3) is 0.182. The van der Waals surface area contributed by atoms with Crippen LogP contribution in [0.1, 0.15) is 16.2 Å². The summed E-state index contributed by atoms with van der Waals surface area (Å²) in [5.41, 5.74) is 5.66. The number of benzene rings is 1. The van der Waals surface area contributed by atoms with Gasteiger partial charge in [-0.2, -0.15) is 4.98 Å². The molecule has 0 atom stereocenters. The third kappa shape index (κ3) is 2.97. The second kappa shape index (κ2) is 5.34. The number of aromatic carboxylic acids is 1. The minimum atomic E-state index is -1.36. The molecule has 0 fully saturated rings. The SMILES string of the molecule is Nc1cc(C(=O)O)c(F)cc1NCCc1ncno1. The van der Waals surface area contributed by atoms with Crippen LogP contribution in [0.25, 0.3) is 0 Å². The van der Waals surface area contributed by atoms with Gasteiger partial charge in [-0.1, -0.05) is 5.16 Å². The zero-order valence-corrected chi connectivity index (χ0v) is 9.76. The maximum absolute atomic E-state index is 13.5. The topological polar surface area (TPSA) is 114 Å². The highest BCUT2D eigenvalue weighted by Crippen LogP contribution is 2.23. The van der Waals surface area contributed by atoms with Crippen molar-refractivity contribution in [2.45, 2.75) is 6.42 Å². The Labute approximate surface area is 107 Å². The molecule has 0 unspecified atom stereocenters. The van der Waals surface area contributed by atoms with E-state index >= 15 is 0 Å². The van der Waals surface area contributed by atoms with Gasteiger partial charge in [-0.25, -0.2) is 9.18 Å². The van der Waals surface area contributed by atoms with Crippen LogP contribution in [0.5, 0.6) is 0 Å². The van der Waals surface area contributed by atoms with Crippen LogP contribution in [0, 0.1) is 5.82 Å². The van der Waals surface area contributed by atoms with E-state index in [1.807, 2.05) is 0 Å². The van der Waals surface area contributed by atoms with E-state index < -0.39 is 17.3 Å². The summed E-state index contributed by atoms with van der Waals surface area (Å²) in [6, 6.07) is 2.12. The molecule has 0 radical (unpaired) electrons. The number of nitrogens with two attached hydrogens (primary N) is 1. The average Bonchev–Trinajstić information content (AvgIpc) is 2.85. The number of anilines is 2.